The number of halogens is 1. The highest BCUT2D eigenvalue weighted by atomic mass is 35.5. The van der Waals surface area contributed by atoms with Gasteiger partial charge in [-0.2, -0.15) is 0 Å². The molecule has 0 aromatic heterocycles. The van der Waals surface area contributed by atoms with E-state index in [1.807, 2.05) is 31.2 Å². The lowest BCUT2D eigenvalue weighted by Gasteiger charge is -2.22. The van der Waals surface area contributed by atoms with Gasteiger partial charge in [-0.25, -0.2) is 0 Å². The van der Waals surface area contributed by atoms with Crippen LogP contribution in [0, 0.1) is 0 Å². The average molecular weight is 254 g/mol. The highest BCUT2D eigenvalue weighted by molar-refractivity contribution is 6.30. The number of hydrogen-bond donors (Lipinski definition) is 0. The summed E-state index contributed by atoms with van der Waals surface area (Å²) in [7, 11) is 0. The Kier molecular flexibility index (Phi) is 3.89. The van der Waals surface area contributed by atoms with Crippen LogP contribution in [0.5, 0.6) is 5.75 Å². The Morgan fingerprint density at radius 1 is 1.53 bits per heavy atom. The first kappa shape index (κ1) is 12.2. The number of carbonyl (C=O) groups excluding carboxylic acids is 1. The molecule has 1 aliphatic heterocycles. The number of ether oxygens (including phenoxy) is 1. The van der Waals surface area contributed by atoms with E-state index in [4.69, 9.17) is 16.3 Å². The monoisotopic (exact) mass is 253 g/mol. The van der Waals surface area contributed by atoms with Crippen LogP contribution in [0.15, 0.2) is 24.3 Å². The lowest BCUT2D eigenvalue weighted by atomic mass is 10.2. The van der Waals surface area contributed by atoms with E-state index in [-0.39, 0.29) is 5.91 Å². The molecule has 3 nitrogen and oxygen atoms in total. The highest BCUT2D eigenvalue weighted by Crippen LogP contribution is 2.23. The van der Waals surface area contributed by atoms with Gasteiger partial charge in [-0.3, -0.25) is 4.79 Å². The zero-order chi connectivity index (χ0) is 12.3. The lowest BCUT2D eigenvalue weighted by molar-refractivity contribution is -0.131. The van der Waals surface area contributed by atoms with Gasteiger partial charge in [-0.15, -0.1) is 11.6 Å². The van der Waals surface area contributed by atoms with E-state index in [1.165, 1.54) is 0 Å². The van der Waals surface area contributed by atoms with E-state index in [1.54, 1.807) is 4.90 Å². The van der Waals surface area contributed by atoms with Gasteiger partial charge >= 0.3 is 0 Å². The molecule has 0 bridgehead atoms. The van der Waals surface area contributed by atoms with Gasteiger partial charge in [0.2, 0.25) is 5.91 Å². The molecule has 17 heavy (non-hydrogen) atoms. The molecule has 0 saturated carbocycles. The number of amides is 1. The summed E-state index contributed by atoms with van der Waals surface area (Å²) in [6.07, 6.45) is 0.652. The summed E-state index contributed by atoms with van der Waals surface area (Å²) in [5.41, 5.74) is 1.04. The van der Waals surface area contributed by atoms with E-state index < -0.39 is 5.38 Å². The molecule has 1 aromatic rings. The molecular formula is C13H16ClNO2. The first-order valence-electron chi connectivity index (χ1n) is 5.86. The van der Waals surface area contributed by atoms with Gasteiger partial charge in [0.15, 0.2) is 0 Å². The summed E-state index contributed by atoms with van der Waals surface area (Å²) in [4.78, 5) is 13.8. The van der Waals surface area contributed by atoms with Gasteiger partial charge in [0.1, 0.15) is 17.7 Å². The first-order valence-corrected chi connectivity index (χ1v) is 6.29. The van der Waals surface area contributed by atoms with Crippen LogP contribution in [0.3, 0.4) is 0 Å². The Morgan fingerprint density at radius 3 is 3.06 bits per heavy atom. The maximum absolute atomic E-state index is 12.0. The first-order chi connectivity index (χ1) is 8.22. The summed E-state index contributed by atoms with van der Waals surface area (Å²) >= 11 is 6.00. The second-order valence-corrected chi connectivity index (χ2v) is 4.62. The Labute approximate surface area is 106 Å². The molecule has 1 unspecified atom stereocenters. The third-order valence-electron chi connectivity index (χ3n) is 2.89. The van der Waals surface area contributed by atoms with Gasteiger partial charge in [-0.05, 0) is 12.5 Å². The third kappa shape index (κ3) is 2.72. The number of para-hydroxylation sites is 1. The number of rotatable bonds is 2. The van der Waals surface area contributed by atoms with Crippen LogP contribution >= 0.6 is 11.6 Å². The molecule has 2 rings (SSSR count). The zero-order valence-corrected chi connectivity index (χ0v) is 10.6. The summed E-state index contributed by atoms with van der Waals surface area (Å²) in [5.74, 6) is 0.861. The predicted octanol–water partition coefficient (Wildman–Crippen LogP) is 2.43. The van der Waals surface area contributed by atoms with Gasteiger partial charge in [0.25, 0.3) is 0 Å². The lowest BCUT2D eigenvalue weighted by Crippen LogP contribution is -2.37. The Hall–Kier alpha value is -1.22. The van der Waals surface area contributed by atoms with Gasteiger partial charge in [0.05, 0.1) is 6.54 Å². The summed E-state index contributed by atoms with van der Waals surface area (Å²) in [6, 6.07) is 7.80. The summed E-state index contributed by atoms with van der Waals surface area (Å²) in [6.45, 7) is 3.61. The molecule has 1 aliphatic rings. The Bertz CT molecular complexity index is 408. The van der Waals surface area contributed by atoms with Crippen molar-refractivity contribution in [3.63, 3.8) is 0 Å². The van der Waals surface area contributed by atoms with Crippen molar-refractivity contribution in [2.24, 2.45) is 0 Å². The molecule has 0 aliphatic carbocycles. The Balaban J connectivity index is 2.15. The van der Waals surface area contributed by atoms with Crippen LogP contribution in [0.1, 0.15) is 18.9 Å². The second kappa shape index (κ2) is 5.41. The third-order valence-corrected chi connectivity index (χ3v) is 3.39. The normalized spacial score (nSPS) is 16.7. The van der Waals surface area contributed by atoms with Crippen molar-refractivity contribution in [1.29, 1.82) is 0 Å². The van der Waals surface area contributed by atoms with E-state index in [0.717, 1.165) is 11.3 Å². The van der Waals surface area contributed by atoms with Crippen molar-refractivity contribution in [1.82, 2.24) is 4.90 Å². The molecule has 1 aromatic carbocycles. The molecule has 0 N–H and O–H groups in total. The smallest absolute Gasteiger partial charge is 0.241 e. The van der Waals surface area contributed by atoms with Crippen LogP contribution < -0.4 is 4.74 Å². The summed E-state index contributed by atoms with van der Waals surface area (Å²) in [5, 5.41) is -0.430. The van der Waals surface area contributed by atoms with E-state index in [0.29, 0.717) is 26.1 Å². The van der Waals surface area contributed by atoms with E-state index in [9.17, 15) is 4.79 Å². The minimum absolute atomic E-state index is 0.00512. The molecule has 0 fully saturated rings. The standard InChI is InChI=1S/C13H16ClNO2/c1-2-11(14)13(16)15-7-8-17-12-6-4-3-5-10(12)9-15/h3-6,11H,2,7-9H2,1H3. The number of carbonyl (C=O) groups is 1. The maximum atomic E-state index is 12.0. The minimum Gasteiger partial charge on any atom is -0.491 e. The Morgan fingerprint density at radius 2 is 2.29 bits per heavy atom. The van der Waals surface area contributed by atoms with Gasteiger partial charge in [-0.1, -0.05) is 25.1 Å². The fourth-order valence-corrected chi connectivity index (χ4v) is 2.02. The number of fused-ring (bicyclic) bond motifs is 1. The van der Waals surface area contributed by atoms with Crippen LogP contribution in [0.25, 0.3) is 0 Å². The molecule has 1 heterocycles. The predicted molar refractivity (Wildman–Crippen MR) is 67.3 cm³/mol. The van der Waals surface area contributed by atoms with Gasteiger partial charge < -0.3 is 9.64 Å². The van der Waals surface area contributed by atoms with Crippen LogP contribution in [-0.2, 0) is 11.3 Å². The number of nitrogens with zero attached hydrogens (tertiary/aromatic N) is 1. The number of hydrogen-bond acceptors (Lipinski definition) is 2. The van der Waals surface area contributed by atoms with Crippen LogP contribution in [0.2, 0.25) is 0 Å². The van der Waals surface area contributed by atoms with Crippen molar-refractivity contribution < 1.29 is 9.53 Å². The molecule has 0 saturated heterocycles. The SMILES string of the molecule is CCC(Cl)C(=O)N1CCOc2ccccc2C1. The zero-order valence-electron chi connectivity index (χ0n) is 9.86. The van der Waals surface area contributed by atoms with Crippen molar-refractivity contribution in [3.8, 4) is 5.75 Å². The molecule has 0 radical (unpaired) electrons. The fraction of sp³-hybridized carbons (Fsp3) is 0.462. The highest BCUT2D eigenvalue weighted by Gasteiger charge is 2.23. The number of benzene rings is 1. The second-order valence-electron chi connectivity index (χ2n) is 4.09. The quantitative estimate of drug-likeness (QED) is 0.758. The van der Waals surface area contributed by atoms with E-state index >= 15 is 0 Å². The van der Waals surface area contributed by atoms with E-state index in [2.05, 4.69) is 0 Å². The molecule has 4 heteroatoms. The number of alkyl halides is 1. The van der Waals surface area contributed by atoms with Crippen LogP contribution in [0.4, 0.5) is 0 Å². The van der Waals surface area contributed by atoms with Crippen molar-refractivity contribution in [3.05, 3.63) is 29.8 Å². The van der Waals surface area contributed by atoms with Crippen molar-refractivity contribution >= 4 is 17.5 Å². The maximum Gasteiger partial charge on any atom is 0.241 e. The average Bonchev–Trinajstić information content (AvgIpc) is 2.58. The molecular weight excluding hydrogens is 238 g/mol. The molecule has 1 atom stereocenters. The topological polar surface area (TPSA) is 29.5 Å². The van der Waals surface area contributed by atoms with Gasteiger partial charge in [0, 0.05) is 12.1 Å². The molecule has 1 amide bonds. The van der Waals surface area contributed by atoms with Crippen molar-refractivity contribution in [2.75, 3.05) is 13.2 Å². The van der Waals surface area contributed by atoms with Crippen LogP contribution in [-0.4, -0.2) is 29.3 Å². The minimum atomic E-state index is -0.430. The van der Waals surface area contributed by atoms with Crippen molar-refractivity contribution in [2.45, 2.75) is 25.3 Å². The molecule has 92 valence electrons. The largest absolute Gasteiger partial charge is 0.491 e. The molecule has 0 spiro atoms. The fourth-order valence-electron chi connectivity index (χ4n) is 1.89. The summed E-state index contributed by atoms with van der Waals surface area (Å²) < 4.78 is 5.61.